The second kappa shape index (κ2) is 4.58. The van der Waals surface area contributed by atoms with E-state index < -0.39 is 0 Å². The van der Waals surface area contributed by atoms with Crippen molar-refractivity contribution in [2.24, 2.45) is 5.73 Å². The third-order valence-corrected chi connectivity index (χ3v) is 3.72. The van der Waals surface area contributed by atoms with Crippen molar-refractivity contribution >= 4 is 16.6 Å². The van der Waals surface area contributed by atoms with Gasteiger partial charge in [-0.15, -0.1) is 0 Å². The molecule has 3 nitrogen and oxygen atoms in total. The van der Waals surface area contributed by atoms with Crippen molar-refractivity contribution in [3.63, 3.8) is 0 Å². The first-order valence-corrected chi connectivity index (χ1v) is 6.61. The molecule has 3 heteroatoms. The van der Waals surface area contributed by atoms with Gasteiger partial charge in [0.25, 0.3) is 0 Å². The molecule has 0 saturated carbocycles. The zero-order valence-electron chi connectivity index (χ0n) is 10.8. The van der Waals surface area contributed by atoms with Gasteiger partial charge >= 0.3 is 0 Å². The van der Waals surface area contributed by atoms with Crippen molar-refractivity contribution in [2.75, 3.05) is 18.0 Å². The van der Waals surface area contributed by atoms with Gasteiger partial charge in [-0.2, -0.15) is 0 Å². The maximum Gasteiger partial charge on any atom is 0.0938 e. The van der Waals surface area contributed by atoms with Gasteiger partial charge in [0.2, 0.25) is 0 Å². The molecule has 2 aromatic rings. The number of para-hydroxylation sites is 1. The van der Waals surface area contributed by atoms with E-state index in [4.69, 9.17) is 10.7 Å². The Morgan fingerprint density at radius 1 is 1.17 bits per heavy atom. The summed E-state index contributed by atoms with van der Waals surface area (Å²) in [7, 11) is 0. The van der Waals surface area contributed by atoms with Gasteiger partial charge in [0.15, 0.2) is 0 Å². The number of pyridine rings is 1. The van der Waals surface area contributed by atoms with Crippen LogP contribution < -0.4 is 10.6 Å². The van der Waals surface area contributed by atoms with Gasteiger partial charge < -0.3 is 10.6 Å². The SMILES string of the molecule is Cc1ccc2cccc(N3CCC(N)CC3)c2n1. The third kappa shape index (κ3) is 2.06. The van der Waals surface area contributed by atoms with Gasteiger partial charge in [0.1, 0.15) is 0 Å². The summed E-state index contributed by atoms with van der Waals surface area (Å²) in [5.41, 5.74) is 9.41. The predicted octanol–water partition coefficient (Wildman–Crippen LogP) is 2.47. The number of anilines is 1. The fraction of sp³-hybridized carbons (Fsp3) is 0.400. The molecule has 1 aromatic heterocycles. The molecule has 94 valence electrons. The number of hydrogen-bond donors (Lipinski definition) is 1. The molecule has 2 heterocycles. The molecule has 1 fully saturated rings. The molecule has 0 unspecified atom stereocenters. The van der Waals surface area contributed by atoms with E-state index in [1.165, 1.54) is 11.1 Å². The monoisotopic (exact) mass is 241 g/mol. The topological polar surface area (TPSA) is 42.1 Å². The summed E-state index contributed by atoms with van der Waals surface area (Å²) in [4.78, 5) is 7.11. The first-order chi connectivity index (χ1) is 8.74. The highest BCUT2D eigenvalue weighted by Crippen LogP contribution is 2.27. The minimum atomic E-state index is 0.367. The highest BCUT2D eigenvalue weighted by atomic mass is 15.1. The molecule has 0 spiro atoms. The standard InChI is InChI=1S/C15H19N3/c1-11-5-6-12-3-2-4-14(15(12)17-11)18-9-7-13(16)8-10-18/h2-6,13H,7-10,16H2,1H3. The van der Waals surface area contributed by atoms with Crippen LogP contribution in [0.2, 0.25) is 0 Å². The summed E-state index contributed by atoms with van der Waals surface area (Å²) in [5.74, 6) is 0. The molecule has 18 heavy (non-hydrogen) atoms. The maximum absolute atomic E-state index is 5.97. The number of benzene rings is 1. The lowest BCUT2D eigenvalue weighted by molar-refractivity contribution is 0.502. The molecule has 0 atom stereocenters. The molecule has 0 aliphatic carbocycles. The summed E-state index contributed by atoms with van der Waals surface area (Å²) in [5, 5.41) is 1.22. The van der Waals surface area contributed by atoms with Crippen LogP contribution in [0.5, 0.6) is 0 Å². The number of rotatable bonds is 1. The molecule has 1 aliphatic rings. The number of aryl methyl sites for hydroxylation is 1. The fourth-order valence-corrected chi connectivity index (χ4v) is 2.62. The first-order valence-electron chi connectivity index (χ1n) is 6.61. The second-order valence-electron chi connectivity index (χ2n) is 5.13. The van der Waals surface area contributed by atoms with Crippen molar-refractivity contribution in [2.45, 2.75) is 25.8 Å². The Hall–Kier alpha value is -1.61. The molecule has 2 N–H and O–H groups in total. The number of piperidine rings is 1. The third-order valence-electron chi connectivity index (χ3n) is 3.72. The highest BCUT2D eigenvalue weighted by molar-refractivity contribution is 5.91. The molecule has 3 rings (SSSR count). The van der Waals surface area contributed by atoms with Crippen LogP contribution in [0.3, 0.4) is 0 Å². The Balaban J connectivity index is 2.03. The van der Waals surface area contributed by atoms with Gasteiger partial charge in [0, 0.05) is 30.2 Å². The Bertz CT molecular complexity index is 557. The average molecular weight is 241 g/mol. The van der Waals surface area contributed by atoms with E-state index in [-0.39, 0.29) is 0 Å². The van der Waals surface area contributed by atoms with Crippen molar-refractivity contribution < 1.29 is 0 Å². The lowest BCUT2D eigenvalue weighted by atomic mass is 10.0. The summed E-state index contributed by atoms with van der Waals surface area (Å²) in [6.45, 7) is 4.12. The van der Waals surface area contributed by atoms with Gasteiger partial charge in [-0.3, -0.25) is 4.98 Å². The van der Waals surface area contributed by atoms with Crippen LogP contribution in [0.1, 0.15) is 18.5 Å². The molecular formula is C15H19N3. The normalized spacial score (nSPS) is 17.3. The number of nitrogens with two attached hydrogens (primary N) is 1. The fourth-order valence-electron chi connectivity index (χ4n) is 2.62. The van der Waals surface area contributed by atoms with Crippen LogP contribution in [-0.4, -0.2) is 24.1 Å². The summed E-state index contributed by atoms with van der Waals surface area (Å²) in [6, 6.07) is 11.0. The van der Waals surface area contributed by atoms with Crippen LogP contribution in [0.15, 0.2) is 30.3 Å². The van der Waals surface area contributed by atoms with Gasteiger partial charge in [-0.05, 0) is 31.9 Å². The van der Waals surface area contributed by atoms with Crippen LogP contribution in [0.25, 0.3) is 10.9 Å². The van der Waals surface area contributed by atoms with E-state index in [0.29, 0.717) is 6.04 Å². The van der Waals surface area contributed by atoms with Gasteiger partial charge in [-0.25, -0.2) is 0 Å². The summed E-state index contributed by atoms with van der Waals surface area (Å²) >= 11 is 0. The Morgan fingerprint density at radius 3 is 2.72 bits per heavy atom. The Morgan fingerprint density at radius 2 is 1.94 bits per heavy atom. The van der Waals surface area contributed by atoms with Gasteiger partial charge in [-0.1, -0.05) is 18.2 Å². The lowest BCUT2D eigenvalue weighted by Crippen LogP contribution is -2.39. The van der Waals surface area contributed by atoms with Crippen LogP contribution in [0.4, 0.5) is 5.69 Å². The van der Waals surface area contributed by atoms with E-state index >= 15 is 0 Å². The Labute approximate surface area is 108 Å². The smallest absolute Gasteiger partial charge is 0.0938 e. The lowest BCUT2D eigenvalue weighted by Gasteiger charge is -2.32. The van der Waals surface area contributed by atoms with Crippen LogP contribution >= 0.6 is 0 Å². The first kappa shape index (κ1) is 11.5. The minimum Gasteiger partial charge on any atom is -0.370 e. The molecule has 0 bridgehead atoms. The number of fused-ring (bicyclic) bond motifs is 1. The van der Waals surface area contributed by atoms with Crippen molar-refractivity contribution in [3.05, 3.63) is 36.0 Å². The molecule has 1 aromatic carbocycles. The van der Waals surface area contributed by atoms with Crippen LogP contribution in [-0.2, 0) is 0 Å². The molecular weight excluding hydrogens is 222 g/mol. The molecule has 0 amide bonds. The molecule has 1 aliphatic heterocycles. The zero-order valence-corrected chi connectivity index (χ0v) is 10.8. The van der Waals surface area contributed by atoms with E-state index in [2.05, 4.69) is 35.2 Å². The van der Waals surface area contributed by atoms with E-state index in [0.717, 1.165) is 37.1 Å². The molecule has 0 radical (unpaired) electrons. The summed E-state index contributed by atoms with van der Waals surface area (Å²) < 4.78 is 0. The highest BCUT2D eigenvalue weighted by Gasteiger charge is 2.18. The Kier molecular flexibility index (Phi) is 2.92. The summed E-state index contributed by atoms with van der Waals surface area (Å²) in [6.07, 6.45) is 2.14. The second-order valence-corrected chi connectivity index (χ2v) is 5.13. The number of hydrogen-bond acceptors (Lipinski definition) is 3. The van der Waals surface area contributed by atoms with Gasteiger partial charge in [0.05, 0.1) is 11.2 Å². The maximum atomic E-state index is 5.97. The number of aromatic nitrogens is 1. The quantitative estimate of drug-likeness (QED) is 0.834. The largest absolute Gasteiger partial charge is 0.370 e. The van der Waals surface area contributed by atoms with E-state index in [1.807, 2.05) is 6.92 Å². The minimum absolute atomic E-state index is 0.367. The zero-order chi connectivity index (χ0) is 12.5. The van der Waals surface area contributed by atoms with Crippen molar-refractivity contribution in [3.8, 4) is 0 Å². The van der Waals surface area contributed by atoms with Crippen molar-refractivity contribution in [1.29, 1.82) is 0 Å². The number of nitrogens with zero attached hydrogens (tertiary/aromatic N) is 2. The average Bonchev–Trinajstić information content (AvgIpc) is 2.39. The van der Waals surface area contributed by atoms with Crippen LogP contribution in [0, 0.1) is 6.92 Å². The van der Waals surface area contributed by atoms with Crippen molar-refractivity contribution in [1.82, 2.24) is 4.98 Å². The predicted molar refractivity (Wildman–Crippen MR) is 75.9 cm³/mol. The van der Waals surface area contributed by atoms with E-state index in [1.54, 1.807) is 0 Å². The molecule has 1 saturated heterocycles. The van der Waals surface area contributed by atoms with E-state index in [9.17, 15) is 0 Å².